The van der Waals surface area contributed by atoms with Gasteiger partial charge in [0, 0.05) is 17.1 Å². The van der Waals surface area contributed by atoms with Crippen LogP contribution in [0, 0.1) is 11.8 Å². The average molecular weight is 307 g/mol. The number of sulfonamides is 1. The van der Waals surface area contributed by atoms with Crippen LogP contribution < -0.4 is 10.5 Å². The number of nitrogens with two attached hydrogens (primary N) is 1. The first-order valence-corrected chi connectivity index (χ1v) is 8.15. The Kier molecular flexibility index (Phi) is 4.87. The standard InChI is InChI=1S/C13H13N3O2S2/c14-7-1-2-11-3-5-12(6-4-11)20(17,18)16-10-13-15-8-9-19-13/h3-6,8-9,16H,7,10,14H2. The Bertz CT molecular complexity index is 711. The van der Waals surface area contributed by atoms with Gasteiger partial charge in [-0.25, -0.2) is 18.1 Å². The summed E-state index contributed by atoms with van der Waals surface area (Å²) < 4.78 is 26.6. The van der Waals surface area contributed by atoms with Crippen LogP contribution in [0.25, 0.3) is 0 Å². The fraction of sp³-hybridized carbons (Fsp3) is 0.154. The maximum Gasteiger partial charge on any atom is 0.240 e. The summed E-state index contributed by atoms with van der Waals surface area (Å²) in [7, 11) is -3.53. The van der Waals surface area contributed by atoms with Gasteiger partial charge in [-0.3, -0.25) is 0 Å². The average Bonchev–Trinajstić information content (AvgIpc) is 2.97. The van der Waals surface area contributed by atoms with Gasteiger partial charge in [0.05, 0.1) is 18.0 Å². The predicted octanol–water partition coefficient (Wildman–Crippen LogP) is 0.932. The molecule has 0 aliphatic carbocycles. The van der Waals surface area contributed by atoms with Gasteiger partial charge in [-0.1, -0.05) is 11.8 Å². The maximum atomic E-state index is 12.1. The van der Waals surface area contributed by atoms with Crippen LogP contribution >= 0.6 is 11.3 Å². The van der Waals surface area contributed by atoms with Crippen LogP contribution in [-0.2, 0) is 16.6 Å². The molecule has 2 aromatic rings. The molecule has 1 aromatic carbocycles. The van der Waals surface area contributed by atoms with Crippen molar-refractivity contribution in [3.63, 3.8) is 0 Å². The lowest BCUT2D eigenvalue weighted by Gasteiger charge is -2.05. The third-order valence-corrected chi connectivity index (χ3v) is 4.59. The molecule has 5 nitrogen and oxygen atoms in total. The lowest BCUT2D eigenvalue weighted by molar-refractivity contribution is 0.581. The highest BCUT2D eigenvalue weighted by Gasteiger charge is 2.13. The highest BCUT2D eigenvalue weighted by Crippen LogP contribution is 2.11. The monoisotopic (exact) mass is 307 g/mol. The molecule has 0 fully saturated rings. The van der Waals surface area contributed by atoms with Crippen LogP contribution in [-0.4, -0.2) is 19.9 Å². The van der Waals surface area contributed by atoms with Crippen molar-refractivity contribution in [3.05, 3.63) is 46.4 Å². The SMILES string of the molecule is NCC#Cc1ccc(S(=O)(=O)NCc2nccs2)cc1. The van der Waals surface area contributed by atoms with Gasteiger partial charge in [0.1, 0.15) is 5.01 Å². The summed E-state index contributed by atoms with van der Waals surface area (Å²) in [6.07, 6.45) is 1.64. The van der Waals surface area contributed by atoms with Crippen molar-refractivity contribution < 1.29 is 8.42 Å². The van der Waals surface area contributed by atoms with E-state index in [1.165, 1.54) is 23.5 Å². The summed E-state index contributed by atoms with van der Waals surface area (Å²) in [5.41, 5.74) is 6.01. The fourth-order valence-electron chi connectivity index (χ4n) is 1.45. The largest absolute Gasteiger partial charge is 0.320 e. The molecule has 2 rings (SSSR count). The zero-order valence-electron chi connectivity index (χ0n) is 10.5. The van der Waals surface area contributed by atoms with Gasteiger partial charge in [-0.05, 0) is 24.3 Å². The first kappa shape index (κ1) is 14.7. The lowest BCUT2D eigenvalue weighted by atomic mass is 10.2. The zero-order valence-corrected chi connectivity index (χ0v) is 12.2. The molecule has 0 aliphatic heterocycles. The molecule has 1 aromatic heterocycles. The van der Waals surface area contributed by atoms with Crippen molar-refractivity contribution in [2.24, 2.45) is 5.73 Å². The molecule has 0 unspecified atom stereocenters. The number of thiazole rings is 1. The van der Waals surface area contributed by atoms with E-state index in [0.717, 1.165) is 10.6 Å². The minimum absolute atomic E-state index is 0.189. The van der Waals surface area contributed by atoms with Crippen LogP contribution in [0.15, 0.2) is 40.7 Å². The molecule has 0 radical (unpaired) electrons. The summed E-state index contributed by atoms with van der Waals surface area (Å²) in [4.78, 5) is 4.22. The number of benzene rings is 1. The lowest BCUT2D eigenvalue weighted by Crippen LogP contribution is -2.23. The van der Waals surface area contributed by atoms with E-state index in [1.54, 1.807) is 23.7 Å². The normalized spacial score (nSPS) is 10.8. The van der Waals surface area contributed by atoms with Gasteiger partial charge in [0.25, 0.3) is 0 Å². The van der Waals surface area contributed by atoms with Crippen molar-refractivity contribution in [2.75, 3.05) is 6.54 Å². The number of aromatic nitrogens is 1. The van der Waals surface area contributed by atoms with Crippen molar-refractivity contribution >= 4 is 21.4 Å². The second-order valence-electron chi connectivity index (χ2n) is 3.78. The van der Waals surface area contributed by atoms with E-state index in [2.05, 4.69) is 21.5 Å². The molecule has 0 amide bonds. The molecule has 0 spiro atoms. The Labute approximate surface area is 121 Å². The molecule has 0 atom stereocenters. The van der Waals surface area contributed by atoms with Crippen LogP contribution in [0.5, 0.6) is 0 Å². The van der Waals surface area contributed by atoms with E-state index in [9.17, 15) is 8.42 Å². The Balaban J connectivity index is 2.09. The Morgan fingerprint density at radius 1 is 1.30 bits per heavy atom. The van der Waals surface area contributed by atoms with E-state index < -0.39 is 10.0 Å². The molecule has 3 N–H and O–H groups in total. The first-order chi connectivity index (χ1) is 9.62. The summed E-state index contributed by atoms with van der Waals surface area (Å²) in [6, 6.07) is 6.34. The summed E-state index contributed by atoms with van der Waals surface area (Å²) in [6.45, 7) is 0.462. The van der Waals surface area contributed by atoms with Crippen LogP contribution in [0.3, 0.4) is 0 Å². The van der Waals surface area contributed by atoms with E-state index in [-0.39, 0.29) is 18.0 Å². The third-order valence-electron chi connectivity index (χ3n) is 2.40. The van der Waals surface area contributed by atoms with Crippen molar-refractivity contribution in [3.8, 4) is 11.8 Å². The van der Waals surface area contributed by atoms with Gasteiger partial charge >= 0.3 is 0 Å². The minimum atomic E-state index is -3.53. The number of hydrogen-bond acceptors (Lipinski definition) is 5. The highest BCUT2D eigenvalue weighted by molar-refractivity contribution is 7.89. The molecular formula is C13H13N3O2S2. The van der Waals surface area contributed by atoms with Crippen LogP contribution in [0.4, 0.5) is 0 Å². The van der Waals surface area contributed by atoms with Gasteiger partial charge in [-0.15, -0.1) is 11.3 Å². The van der Waals surface area contributed by atoms with Crippen molar-refractivity contribution in [1.29, 1.82) is 0 Å². The number of nitrogens with one attached hydrogen (secondary N) is 1. The summed E-state index contributed by atoms with van der Waals surface area (Å²) in [5.74, 6) is 5.55. The predicted molar refractivity (Wildman–Crippen MR) is 78.5 cm³/mol. The van der Waals surface area contributed by atoms with Crippen LogP contribution in [0.1, 0.15) is 10.6 Å². The Morgan fingerprint density at radius 2 is 2.05 bits per heavy atom. The second kappa shape index (κ2) is 6.63. The van der Waals surface area contributed by atoms with E-state index in [0.29, 0.717) is 0 Å². The molecule has 0 saturated carbocycles. The minimum Gasteiger partial charge on any atom is -0.320 e. The van der Waals surface area contributed by atoms with Gasteiger partial charge in [0.2, 0.25) is 10.0 Å². The molecule has 1 heterocycles. The first-order valence-electron chi connectivity index (χ1n) is 5.79. The maximum absolute atomic E-state index is 12.1. The summed E-state index contributed by atoms with van der Waals surface area (Å²) >= 11 is 1.40. The van der Waals surface area contributed by atoms with Gasteiger partial charge in [0.15, 0.2) is 0 Å². The van der Waals surface area contributed by atoms with Gasteiger partial charge in [-0.2, -0.15) is 0 Å². The zero-order chi connectivity index (χ0) is 14.4. The number of rotatable bonds is 4. The Morgan fingerprint density at radius 3 is 2.65 bits per heavy atom. The highest BCUT2D eigenvalue weighted by atomic mass is 32.2. The molecule has 104 valence electrons. The molecule has 0 saturated heterocycles. The van der Waals surface area contributed by atoms with Crippen LogP contribution in [0.2, 0.25) is 0 Å². The van der Waals surface area contributed by atoms with Gasteiger partial charge < -0.3 is 5.73 Å². The molecule has 20 heavy (non-hydrogen) atoms. The molecular weight excluding hydrogens is 294 g/mol. The third kappa shape index (κ3) is 3.88. The van der Waals surface area contributed by atoms with E-state index in [4.69, 9.17) is 5.73 Å². The number of nitrogens with zero attached hydrogens (tertiary/aromatic N) is 1. The molecule has 0 aliphatic rings. The number of hydrogen-bond donors (Lipinski definition) is 2. The van der Waals surface area contributed by atoms with Crippen molar-refractivity contribution in [2.45, 2.75) is 11.4 Å². The Hall–Kier alpha value is -1.72. The topological polar surface area (TPSA) is 85.1 Å². The van der Waals surface area contributed by atoms with Crippen molar-refractivity contribution in [1.82, 2.24) is 9.71 Å². The fourth-order valence-corrected chi connectivity index (χ4v) is 3.09. The molecule has 7 heteroatoms. The smallest absolute Gasteiger partial charge is 0.240 e. The van der Waals surface area contributed by atoms with E-state index in [1.807, 2.05) is 0 Å². The molecule has 0 bridgehead atoms. The quantitative estimate of drug-likeness (QED) is 0.823. The van der Waals surface area contributed by atoms with E-state index >= 15 is 0 Å². The summed E-state index contributed by atoms with van der Waals surface area (Å²) in [5, 5.41) is 2.52. The second-order valence-corrected chi connectivity index (χ2v) is 6.53.